The second kappa shape index (κ2) is 10.8. The molecule has 2 aromatic heterocycles. The second-order valence-corrected chi connectivity index (χ2v) is 18.0. The first kappa shape index (κ1) is 25.2. The van der Waals surface area contributed by atoms with Crippen LogP contribution >= 0.6 is 22.7 Å². The van der Waals surface area contributed by atoms with E-state index >= 15 is 0 Å². The lowest BCUT2D eigenvalue weighted by Gasteiger charge is -2.35. The van der Waals surface area contributed by atoms with E-state index in [1.165, 1.54) is 22.7 Å². The van der Waals surface area contributed by atoms with Crippen LogP contribution in [0.4, 0.5) is 4.79 Å². The van der Waals surface area contributed by atoms with Gasteiger partial charge in [-0.25, -0.2) is 9.78 Å². The molecule has 3 atom stereocenters. The first-order valence-electron chi connectivity index (χ1n) is 11.9. The Morgan fingerprint density at radius 1 is 1.24 bits per heavy atom. The Balaban J connectivity index is 1.42. The standard InChI is InChI=1S/C22H34N6O3S2Si/c1-28-8-7-16-18(12-28)33-21(25-16)19(29)24-17-11-14(20-27-23-13-32-20)5-6-15(17)26-22(30)31-9-10-34(2,3)4/h13-15,17H,5-12H2,1-4H3,(H,24,29)(H,26,30)/t14-,15-,17-/m0/s1. The molecule has 186 valence electrons. The molecule has 0 radical (unpaired) electrons. The number of nitrogens with one attached hydrogen (secondary N) is 2. The summed E-state index contributed by atoms with van der Waals surface area (Å²) in [7, 11) is 0.800. The molecule has 3 heterocycles. The number of likely N-dealkylation sites (N-methyl/N-ethyl adjacent to an activating group) is 1. The van der Waals surface area contributed by atoms with Crippen molar-refractivity contribution in [1.29, 1.82) is 0 Å². The molecule has 2 aliphatic rings. The Morgan fingerprint density at radius 3 is 2.79 bits per heavy atom. The molecule has 1 aliphatic carbocycles. The Labute approximate surface area is 209 Å². The third-order valence-electron chi connectivity index (χ3n) is 6.40. The van der Waals surface area contributed by atoms with Gasteiger partial charge in [0, 0.05) is 38.4 Å². The van der Waals surface area contributed by atoms with Gasteiger partial charge in [-0.3, -0.25) is 4.79 Å². The molecule has 0 saturated heterocycles. The molecule has 1 saturated carbocycles. The lowest BCUT2D eigenvalue weighted by molar-refractivity contribution is 0.0901. The van der Waals surface area contributed by atoms with E-state index in [0.717, 1.165) is 54.0 Å². The van der Waals surface area contributed by atoms with Gasteiger partial charge in [0.15, 0.2) is 5.01 Å². The molecule has 2 amide bonds. The smallest absolute Gasteiger partial charge is 0.407 e. The average molecular weight is 523 g/mol. The first-order valence-corrected chi connectivity index (χ1v) is 17.3. The van der Waals surface area contributed by atoms with Crippen LogP contribution in [0, 0.1) is 0 Å². The van der Waals surface area contributed by atoms with Crippen LogP contribution in [-0.2, 0) is 17.7 Å². The highest BCUT2D eigenvalue weighted by molar-refractivity contribution is 7.13. The molecule has 9 nitrogen and oxygen atoms in total. The van der Waals surface area contributed by atoms with E-state index < -0.39 is 14.2 Å². The van der Waals surface area contributed by atoms with Crippen molar-refractivity contribution in [3.63, 3.8) is 0 Å². The normalized spacial score (nSPS) is 23.2. The van der Waals surface area contributed by atoms with Crippen LogP contribution in [0.2, 0.25) is 25.7 Å². The number of fused-ring (bicyclic) bond motifs is 1. The summed E-state index contributed by atoms with van der Waals surface area (Å²) in [4.78, 5) is 33.7. The van der Waals surface area contributed by atoms with Gasteiger partial charge in [0.2, 0.25) is 0 Å². The number of alkyl carbamates (subject to hydrolysis) is 1. The second-order valence-electron chi connectivity index (χ2n) is 10.4. The van der Waals surface area contributed by atoms with E-state index in [1.807, 2.05) is 0 Å². The molecule has 0 spiro atoms. The van der Waals surface area contributed by atoms with E-state index in [4.69, 9.17) is 4.74 Å². The predicted octanol–water partition coefficient (Wildman–Crippen LogP) is 3.48. The van der Waals surface area contributed by atoms with Crippen LogP contribution in [-0.4, -0.2) is 72.4 Å². The third kappa shape index (κ3) is 6.61. The number of carbonyl (C=O) groups is 2. The zero-order chi connectivity index (χ0) is 24.3. The van der Waals surface area contributed by atoms with Crippen molar-refractivity contribution in [2.45, 2.75) is 75.9 Å². The molecular weight excluding hydrogens is 489 g/mol. The number of amides is 2. The molecule has 1 fully saturated rings. The zero-order valence-corrected chi connectivity index (χ0v) is 22.9. The molecule has 0 unspecified atom stereocenters. The number of hydrogen-bond acceptors (Lipinski definition) is 9. The van der Waals surface area contributed by atoms with Crippen LogP contribution in [0.3, 0.4) is 0 Å². The summed E-state index contributed by atoms with van der Waals surface area (Å²) in [6.45, 7) is 8.97. The minimum Gasteiger partial charge on any atom is -0.450 e. The van der Waals surface area contributed by atoms with Gasteiger partial charge < -0.3 is 20.3 Å². The minimum atomic E-state index is -1.28. The summed E-state index contributed by atoms with van der Waals surface area (Å²) in [5.41, 5.74) is 2.77. The van der Waals surface area contributed by atoms with Crippen LogP contribution in [0.15, 0.2) is 5.51 Å². The van der Waals surface area contributed by atoms with Gasteiger partial charge in [0.25, 0.3) is 5.91 Å². The summed E-state index contributed by atoms with van der Waals surface area (Å²) in [5, 5.41) is 15.9. The van der Waals surface area contributed by atoms with E-state index in [9.17, 15) is 9.59 Å². The summed E-state index contributed by atoms with van der Waals surface area (Å²) in [6, 6.07) is 0.491. The van der Waals surface area contributed by atoms with Crippen LogP contribution in [0.25, 0.3) is 0 Å². The number of aromatic nitrogens is 3. The van der Waals surface area contributed by atoms with Gasteiger partial charge in [-0.2, -0.15) is 0 Å². The fourth-order valence-electron chi connectivity index (χ4n) is 4.38. The Kier molecular flexibility index (Phi) is 8.00. The molecular formula is C22H34N6O3S2Si. The van der Waals surface area contributed by atoms with Gasteiger partial charge in [0.05, 0.1) is 24.4 Å². The number of nitrogens with zero attached hydrogens (tertiary/aromatic N) is 4. The van der Waals surface area contributed by atoms with Crippen molar-refractivity contribution in [2.24, 2.45) is 0 Å². The summed E-state index contributed by atoms with van der Waals surface area (Å²) >= 11 is 3.01. The average Bonchev–Trinajstić information content (AvgIpc) is 3.43. The lowest BCUT2D eigenvalue weighted by Crippen LogP contribution is -2.54. The van der Waals surface area contributed by atoms with Crippen molar-refractivity contribution in [3.05, 3.63) is 26.1 Å². The summed E-state index contributed by atoms with van der Waals surface area (Å²) < 4.78 is 5.46. The maximum absolute atomic E-state index is 13.2. The van der Waals surface area contributed by atoms with Gasteiger partial charge >= 0.3 is 6.09 Å². The first-order chi connectivity index (χ1) is 16.2. The maximum atomic E-state index is 13.2. The quantitative estimate of drug-likeness (QED) is 0.536. The lowest BCUT2D eigenvalue weighted by atomic mass is 9.82. The van der Waals surface area contributed by atoms with Gasteiger partial charge in [-0.05, 0) is 32.4 Å². The third-order valence-corrected chi connectivity index (χ3v) is 10.0. The fourth-order valence-corrected chi connectivity index (χ4v) is 6.89. The Bertz CT molecular complexity index is 993. The SMILES string of the molecule is CN1CCc2nc(C(=O)N[C@H]3C[C@@H](c4nncs4)CC[C@@H]3NC(=O)OCC[Si](C)(C)C)sc2C1. The van der Waals surface area contributed by atoms with Crippen molar-refractivity contribution in [3.8, 4) is 0 Å². The van der Waals surface area contributed by atoms with Gasteiger partial charge in [0.1, 0.15) is 10.5 Å². The van der Waals surface area contributed by atoms with Crippen LogP contribution in [0.5, 0.6) is 0 Å². The van der Waals surface area contributed by atoms with E-state index in [1.54, 1.807) is 5.51 Å². The molecule has 1 aliphatic heterocycles. The number of rotatable bonds is 7. The highest BCUT2D eigenvalue weighted by Crippen LogP contribution is 2.34. The summed E-state index contributed by atoms with van der Waals surface area (Å²) in [5.74, 6) is 0.0285. The van der Waals surface area contributed by atoms with E-state index in [0.29, 0.717) is 18.0 Å². The van der Waals surface area contributed by atoms with Crippen LogP contribution in [0.1, 0.15) is 50.6 Å². The monoisotopic (exact) mass is 522 g/mol. The molecule has 0 aromatic carbocycles. The van der Waals surface area contributed by atoms with Crippen molar-refractivity contribution in [1.82, 2.24) is 30.7 Å². The van der Waals surface area contributed by atoms with E-state index in [-0.39, 0.29) is 23.9 Å². The Morgan fingerprint density at radius 2 is 2.06 bits per heavy atom. The van der Waals surface area contributed by atoms with Gasteiger partial charge in [-0.15, -0.1) is 32.9 Å². The van der Waals surface area contributed by atoms with Gasteiger partial charge in [-0.1, -0.05) is 19.6 Å². The molecule has 0 bridgehead atoms. The number of carbonyl (C=O) groups excluding carboxylic acids is 2. The molecule has 12 heteroatoms. The fraction of sp³-hybridized carbons (Fsp3) is 0.682. The molecule has 4 rings (SSSR count). The largest absolute Gasteiger partial charge is 0.450 e. The predicted molar refractivity (Wildman–Crippen MR) is 136 cm³/mol. The molecule has 2 aromatic rings. The number of thiazole rings is 1. The van der Waals surface area contributed by atoms with E-state index in [2.05, 4.69) is 57.4 Å². The topological polar surface area (TPSA) is 109 Å². The van der Waals surface area contributed by atoms with Crippen LogP contribution < -0.4 is 10.6 Å². The minimum absolute atomic E-state index is 0.177. The highest BCUT2D eigenvalue weighted by atomic mass is 32.1. The van der Waals surface area contributed by atoms with Crippen molar-refractivity contribution >= 4 is 42.7 Å². The van der Waals surface area contributed by atoms with Crippen molar-refractivity contribution in [2.75, 3.05) is 20.2 Å². The van der Waals surface area contributed by atoms with Crippen molar-refractivity contribution < 1.29 is 14.3 Å². The maximum Gasteiger partial charge on any atom is 0.407 e. The summed E-state index contributed by atoms with van der Waals surface area (Å²) in [6.07, 6.45) is 2.75. The molecule has 34 heavy (non-hydrogen) atoms. The molecule has 2 N–H and O–H groups in total. The Hall–Kier alpha value is -1.89. The zero-order valence-electron chi connectivity index (χ0n) is 20.3. The number of ether oxygens (including phenoxy) is 1. The highest BCUT2D eigenvalue weighted by Gasteiger charge is 2.35. The number of hydrogen-bond donors (Lipinski definition) is 2.